The van der Waals surface area contributed by atoms with Crippen molar-refractivity contribution in [2.24, 2.45) is 0 Å². The van der Waals surface area contributed by atoms with Gasteiger partial charge in [-0.1, -0.05) is 164 Å². The van der Waals surface area contributed by atoms with Gasteiger partial charge in [0.15, 0.2) is 17.5 Å². The van der Waals surface area contributed by atoms with E-state index in [9.17, 15) is 0 Å². The maximum absolute atomic E-state index is 5.48. The van der Waals surface area contributed by atoms with Crippen LogP contribution in [0.2, 0.25) is 0 Å². The number of aromatic nitrogens is 4. The predicted octanol–water partition coefficient (Wildman–Crippen LogP) is 16.1. The van der Waals surface area contributed by atoms with Crippen LogP contribution in [-0.2, 0) is 0 Å². The van der Waals surface area contributed by atoms with Gasteiger partial charge in [-0.2, -0.15) is 0 Å². The highest BCUT2D eigenvalue weighted by molar-refractivity contribution is 7.26. The summed E-state index contributed by atoms with van der Waals surface area (Å²) in [5, 5.41) is 16.9. The molecule has 0 saturated carbocycles. The van der Waals surface area contributed by atoms with Gasteiger partial charge in [0.05, 0.1) is 21.4 Å². The molecule has 0 saturated heterocycles. The van der Waals surface area contributed by atoms with Gasteiger partial charge in [-0.15, -0.1) is 11.3 Å². The Hall–Kier alpha value is -8.25. The largest absolute Gasteiger partial charge is 0.307 e. The molecule has 3 aromatic heterocycles. The molecule has 0 N–H and O–H groups in total. The van der Waals surface area contributed by atoms with E-state index < -0.39 is 0 Å². The van der Waals surface area contributed by atoms with Crippen molar-refractivity contribution in [3.63, 3.8) is 0 Å². The first-order valence-corrected chi connectivity index (χ1v) is 22.5. The third kappa shape index (κ3) is 5.31. The fourth-order valence-corrected chi connectivity index (χ4v) is 11.4. The maximum Gasteiger partial charge on any atom is 0.166 e. The van der Waals surface area contributed by atoms with Crippen molar-refractivity contribution >= 4 is 107 Å². The van der Waals surface area contributed by atoms with Gasteiger partial charge in [0.2, 0.25) is 0 Å². The number of benzene rings is 11. The van der Waals surface area contributed by atoms with Gasteiger partial charge in [0, 0.05) is 42.9 Å². The zero-order chi connectivity index (χ0) is 41.9. The van der Waals surface area contributed by atoms with Crippen molar-refractivity contribution in [2.75, 3.05) is 0 Å². The highest BCUT2D eigenvalue weighted by atomic mass is 32.1. The topological polar surface area (TPSA) is 43.6 Å². The first kappa shape index (κ1) is 35.4. The Bertz CT molecular complexity index is 4140. The summed E-state index contributed by atoms with van der Waals surface area (Å²) in [5.74, 6) is 1.88. The Balaban J connectivity index is 1.08. The monoisotopic (exact) mass is 830 g/mol. The summed E-state index contributed by atoms with van der Waals surface area (Å²) in [6.45, 7) is 0. The molecule has 0 spiro atoms. The minimum Gasteiger partial charge on any atom is -0.307 e. The second kappa shape index (κ2) is 13.6. The average molecular weight is 831 g/mol. The summed E-state index contributed by atoms with van der Waals surface area (Å²) in [4.78, 5) is 16.3. The molecule has 11 aromatic carbocycles. The smallest absolute Gasteiger partial charge is 0.166 e. The normalized spacial score (nSPS) is 12.1. The van der Waals surface area contributed by atoms with E-state index in [2.05, 4.69) is 211 Å². The minimum atomic E-state index is 0.623. The molecule has 0 amide bonds. The molecule has 64 heavy (non-hydrogen) atoms. The van der Waals surface area contributed by atoms with Crippen LogP contribution in [0.1, 0.15) is 0 Å². The zero-order valence-electron chi connectivity index (χ0n) is 34.3. The quantitative estimate of drug-likeness (QED) is 0.166. The second-order valence-electron chi connectivity index (χ2n) is 16.8. The van der Waals surface area contributed by atoms with Gasteiger partial charge in [-0.25, -0.2) is 15.0 Å². The first-order chi connectivity index (χ1) is 31.7. The predicted molar refractivity (Wildman–Crippen MR) is 271 cm³/mol. The first-order valence-electron chi connectivity index (χ1n) is 21.7. The second-order valence-corrected chi connectivity index (χ2v) is 17.8. The van der Waals surface area contributed by atoms with E-state index >= 15 is 0 Å². The van der Waals surface area contributed by atoms with Crippen LogP contribution in [0.4, 0.5) is 0 Å². The van der Waals surface area contributed by atoms with Gasteiger partial charge in [-0.3, -0.25) is 0 Å². The van der Waals surface area contributed by atoms with Crippen molar-refractivity contribution in [2.45, 2.75) is 0 Å². The number of nitrogens with zero attached hydrogens (tertiary/aromatic N) is 4. The highest BCUT2D eigenvalue weighted by Crippen LogP contribution is 2.46. The fraction of sp³-hybridized carbons (Fsp3) is 0. The summed E-state index contributed by atoms with van der Waals surface area (Å²) in [6.07, 6.45) is 0. The lowest BCUT2D eigenvalue weighted by molar-refractivity contribution is 1.07. The molecule has 0 fully saturated rings. The van der Waals surface area contributed by atoms with Crippen molar-refractivity contribution < 1.29 is 0 Å². The number of hydrogen-bond acceptors (Lipinski definition) is 4. The van der Waals surface area contributed by atoms with Gasteiger partial charge in [0.1, 0.15) is 0 Å². The van der Waals surface area contributed by atoms with E-state index in [0.29, 0.717) is 17.5 Å². The molecule has 14 rings (SSSR count). The minimum absolute atomic E-state index is 0.623. The van der Waals surface area contributed by atoms with Crippen LogP contribution in [0.3, 0.4) is 0 Å². The third-order valence-electron chi connectivity index (χ3n) is 13.2. The summed E-state index contributed by atoms with van der Waals surface area (Å²) in [6, 6.07) is 74.6. The number of hydrogen-bond donors (Lipinski definition) is 0. The number of thiophene rings is 1. The number of fused-ring (bicyclic) bond motifs is 13. The van der Waals surface area contributed by atoms with E-state index in [0.717, 1.165) is 44.2 Å². The van der Waals surface area contributed by atoms with E-state index in [1.807, 2.05) is 11.3 Å². The molecule has 0 unspecified atom stereocenters. The molecule has 0 bridgehead atoms. The average Bonchev–Trinajstić information content (AvgIpc) is 3.90. The summed E-state index contributed by atoms with van der Waals surface area (Å²) in [5.41, 5.74) is 6.16. The van der Waals surface area contributed by atoms with Crippen LogP contribution in [-0.4, -0.2) is 19.5 Å². The van der Waals surface area contributed by atoms with Crippen molar-refractivity contribution in [3.05, 3.63) is 206 Å². The Kier molecular flexibility index (Phi) is 7.53. The standard InChI is InChI=1S/C59H34N4S/c1-2-14-38-34-53-51(33-37(38)13-1)47-17-7-9-19-52(47)63(53)55-50(30-29-49-48-18-8-10-20-54(48)64-56(49)55)59-61-57(41-25-27-45-39(31-41)23-21-35-11-3-5-15-43(35)45)60-58(62-59)42-26-28-46-40(32-42)24-22-36-12-4-6-16-44(36)46/h1-34H. The van der Waals surface area contributed by atoms with E-state index in [4.69, 9.17) is 15.0 Å². The molecular formula is C59H34N4S. The van der Waals surface area contributed by atoms with Gasteiger partial charge in [-0.05, 0) is 96.3 Å². The van der Waals surface area contributed by atoms with E-state index in [-0.39, 0.29) is 0 Å². The Morgan fingerprint density at radius 3 is 1.48 bits per heavy atom. The summed E-state index contributed by atoms with van der Waals surface area (Å²) >= 11 is 1.83. The Morgan fingerprint density at radius 1 is 0.312 bits per heavy atom. The summed E-state index contributed by atoms with van der Waals surface area (Å²) < 4.78 is 4.90. The Labute approximate surface area is 371 Å². The molecule has 0 radical (unpaired) electrons. The molecule has 5 heteroatoms. The zero-order valence-corrected chi connectivity index (χ0v) is 35.1. The lowest BCUT2D eigenvalue weighted by atomic mass is 9.99. The molecule has 4 nitrogen and oxygen atoms in total. The van der Waals surface area contributed by atoms with Crippen molar-refractivity contribution in [1.82, 2.24) is 19.5 Å². The molecular weight excluding hydrogens is 797 g/mol. The van der Waals surface area contributed by atoms with Crippen LogP contribution in [0, 0.1) is 0 Å². The SMILES string of the molecule is c1ccc2cc3c(cc2c1)c1ccccc1n3-c1c(-c2nc(-c3ccc4c(ccc5ccccc54)c3)nc(-c3ccc4c(ccc5ccccc54)c3)n2)ccc2c1sc1ccccc12. The molecule has 0 atom stereocenters. The molecule has 296 valence electrons. The van der Waals surface area contributed by atoms with Gasteiger partial charge in [0.25, 0.3) is 0 Å². The molecule has 0 aliphatic rings. The lowest BCUT2D eigenvalue weighted by Gasteiger charge is -2.16. The maximum atomic E-state index is 5.48. The molecule has 0 aliphatic carbocycles. The fourth-order valence-electron chi connectivity index (χ4n) is 10.1. The van der Waals surface area contributed by atoms with E-state index in [1.54, 1.807) is 0 Å². The van der Waals surface area contributed by atoms with Crippen LogP contribution in [0.25, 0.3) is 136 Å². The van der Waals surface area contributed by atoms with Crippen molar-refractivity contribution in [1.29, 1.82) is 0 Å². The lowest BCUT2D eigenvalue weighted by Crippen LogP contribution is -2.04. The Morgan fingerprint density at radius 2 is 0.812 bits per heavy atom. The number of rotatable bonds is 4. The van der Waals surface area contributed by atoms with Crippen LogP contribution < -0.4 is 0 Å². The van der Waals surface area contributed by atoms with Crippen LogP contribution in [0.15, 0.2) is 206 Å². The van der Waals surface area contributed by atoms with Crippen LogP contribution in [0.5, 0.6) is 0 Å². The third-order valence-corrected chi connectivity index (χ3v) is 14.4. The molecule has 14 aromatic rings. The summed E-state index contributed by atoms with van der Waals surface area (Å²) in [7, 11) is 0. The molecule has 3 heterocycles. The van der Waals surface area contributed by atoms with Gasteiger partial charge < -0.3 is 4.57 Å². The van der Waals surface area contributed by atoms with Crippen molar-refractivity contribution in [3.8, 4) is 39.9 Å². The van der Waals surface area contributed by atoms with E-state index in [1.165, 1.54) is 74.0 Å². The number of para-hydroxylation sites is 1. The van der Waals surface area contributed by atoms with Gasteiger partial charge >= 0.3 is 0 Å². The molecule has 0 aliphatic heterocycles. The van der Waals surface area contributed by atoms with Crippen LogP contribution >= 0.6 is 11.3 Å². The highest BCUT2D eigenvalue weighted by Gasteiger charge is 2.24.